The molecule has 1 aliphatic heterocycles. The van der Waals surface area contributed by atoms with Gasteiger partial charge in [-0.2, -0.15) is 4.98 Å². The fourth-order valence-electron chi connectivity index (χ4n) is 3.98. The SMILES string of the molecule is CCNC(=NCCCc1nc(C(C)C)no1)N1CCC(c2ccccc2)C(C)C1. The Morgan fingerprint density at radius 1 is 1.31 bits per heavy atom. The Bertz CT molecular complexity index is 771. The third-order valence-electron chi connectivity index (χ3n) is 5.58. The van der Waals surface area contributed by atoms with Crippen LogP contribution in [0.3, 0.4) is 0 Å². The number of aromatic nitrogens is 2. The Morgan fingerprint density at radius 2 is 2.10 bits per heavy atom. The minimum atomic E-state index is 0.298. The van der Waals surface area contributed by atoms with Crippen LogP contribution in [-0.4, -0.2) is 47.2 Å². The molecule has 6 heteroatoms. The zero-order valence-corrected chi connectivity index (χ0v) is 18.3. The second kappa shape index (κ2) is 10.4. The zero-order chi connectivity index (χ0) is 20.6. The Hall–Kier alpha value is -2.37. The summed E-state index contributed by atoms with van der Waals surface area (Å²) in [5, 5.41) is 7.50. The highest BCUT2D eigenvalue weighted by molar-refractivity contribution is 5.80. The molecule has 158 valence electrons. The van der Waals surface area contributed by atoms with Gasteiger partial charge in [-0.05, 0) is 37.2 Å². The highest BCUT2D eigenvalue weighted by Gasteiger charge is 2.28. The number of rotatable bonds is 7. The monoisotopic (exact) mass is 397 g/mol. The van der Waals surface area contributed by atoms with Gasteiger partial charge in [-0.1, -0.05) is 56.3 Å². The molecular weight excluding hydrogens is 362 g/mol. The Kier molecular flexibility index (Phi) is 7.67. The molecule has 2 atom stereocenters. The zero-order valence-electron chi connectivity index (χ0n) is 18.3. The number of guanidine groups is 1. The minimum absolute atomic E-state index is 0.298. The number of benzene rings is 1. The van der Waals surface area contributed by atoms with Crippen molar-refractivity contribution in [3.8, 4) is 0 Å². The molecule has 0 saturated carbocycles. The van der Waals surface area contributed by atoms with Crippen molar-refractivity contribution in [2.45, 2.75) is 58.8 Å². The molecule has 3 rings (SSSR count). The maximum atomic E-state index is 5.33. The van der Waals surface area contributed by atoms with E-state index in [-0.39, 0.29) is 0 Å². The van der Waals surface area contributed by atoms with Gasteiger partial charge in [-0.25, -0.2) is 0 Å². The lowest BCUT2D eigenvalue weighted by Gasteiger charge is -2.39. The Labute approximate surface area is 174 Å². The van der Waals surface area contributed by atoms with Crippen molar-refractivity contribution in [3.63, 3.8) is 0 Å². The van der Waals surface area contributed by atoms with Gasteiger partial charge in [-0.15, -0.1) is 0 Å². The molecule has 1 fully saturated rings. The molecule has 6 nitrogen and oxygen atoms in total. The van der Waals surface area contributed by atoms with Crippen LogP contribution in [0.25, 0.3) is 0 Å². The van der Waals surface area contributed by atoms with E-state index in [1.54, 1.807) is 0 Å². The number of hydrogen-bond acceptors (Lipinski definition) is 4. The highest BCUT2D eigenvalue weighted by atomic mass is 16.5. The first kappa shape index (κ1) is 21.3. The van der Waals surface area contributed by atoms with Crippen LogP contribution in [0, 0.1) is 5.92 Å². The summed E-state index contributed by atoms with van der Waals surface area (Å²) in [6.45, 7) is 12.3. The maximum absolute atomic E-state index is 5.33. The molecule has 1 aromatic heterocycles. The second-order valence-corrected chi connectivity index (χ2v) is 8.27. The molecule has 1 N–H and O–H groups in total. The van der Waals surface area contributed by atoms with E-state index in [0.29, 0.717) is 23.6 Å². The van der Waals surface area contributed by atoms with Crippen LogP contribution in [0.15, 0.2) is 39.8 Å². The molecule has 29 heavy (non-hydrogen) atoms. The molecule has 2 heterocycles. The van der Waals surface area contributed by atoms with Gasteiger partial charge in [-0.3, -0.25) is 4.99 Å². The predicted octanol–water partition coefficient (Wildman–Crippen LogP) is 4.22. The first-order chi connectivity index (χ1) is 14.1. The Morgan fingerprint density at radius 3 is 2.76 bits per heavy atom. The van der Waals surface area contributed by atoms with E-state index in [4.69, 9.17) is 9.52 Å². The minimum Gasteiger partial charge on any atom is -0.357 e. The van der Waals surface area contributed by atoms with Gasteiger partial charge < -0.3 is 14.7 Å². The van der Waals surface area contributed by atoms with Gasteiger partial charge in [0.15, 0.2) is 11.8 Å². The summed E-state index contributed by atoms with van der Waals surface area (Å²) in [6, 6.07) is 10.9. The van der Waals surface area contributed by atoms with Crippen LogP contribution in [0.5, 0.6) is 0 Å². The van der Waals surface area contributed by atoms with E-state index in [1.807, 2.05) is 0 Å². The van der Waals surface area contributed by atoms with E-state index in [2.05, 4.69) is 78.4 Å². The van der Waals surface area contributed by atoms with E-state index in [1.165, 1.54) is 5.56 Å². The van der Waals surface area contributed by atoms with E-state index < -0.39 is 0 Å². The van der Waals surface area contributed by atoms with Crippen LogP contribution < -0.4 is 5.32 Å². The van der Waals surface area contributed by atoms with E-state index >= 15 is 0 Å². The van der Waals surface area contributed by atoms with Gasteiger partial charge in [0.25, 0.3) is 0 Å². The van der Waals surface area contributed by atoms with Crippen molar-refractivity contribution in [1.29, 1.82) is 0 Å². The topological polar surface area (TPSA) is 66.5 Å². The normalized spacial score (nSPS) is 20.3. The van der Waals surface area contributed by atoms with Crippen molar-refractivity contribution in [3.05, 3.63) is 47.6 Å². The predicted molar refractivity (Wildman–Crippen MR) is 117 cm³/mol. The number of hydrogen-bond donors (Lipinski definition) is 1. The van der Waals surface area contributed by atoms with Gasteiger partial charge in [0, 0.05) is 38.5 Å². The van der Waals surface area contributed by atoms with Crippen molar-refractivity contribution in [2.75, 3.05) is 26.2 Å². The largest absolute Gasteiger partial charge is 0.357 e. The summed E-state index contributed by atoms with van der Waals surface area (Å²) in [5.41, 5.74) is 1.46. The summed E-state index contributed by atoms with van der Waals surface area (Å²) in [5.74, 6) is 4.05. The van der Waals surface area contributed by atoms with Gasteiger partial charge in [0.1, 0.15) is 0 Å². The number of likely N-dealkylation sites (tertiary alicyclic amines) is 1. The highest BCUT2D eigenvalue weighted by Crippen LogP contribution is 2.32. The summed E-state index contributed by atoms with van der Waals surface area (Å²) >= 11 is 0. The molecule has 0 spiro atoms. The van der Waals surface area contributed by atoms with Crippen LogP contribution in [0.2, 0.25) is 0 Å². The smallest absolute Gasteiger partial charge is 0.226 e. The molecule has 2 aromatic rings. The van der Waals surface area contributed by atoms with Gasteiger partial charge in [0.05, 0.1) is 0 Å². The number of piperidine rings is 1. The maximum Gasteiger partial charge on any atom is 0.226 e. The average molecular weight is 398 g/mol. The van der Waals surface area contributed by atoms with Crippen LogP contribution in [0.1, 0.15) is 69.7 Å². The molecule has 1 aromatic carbocycles. The molecule has 0 radical (unpaired) electrons. The van der Waals surface area contributed by atoms with Gasteiger partial charge in [0.2, 0.25) is 5.89 Å². The van der Waals surface area contributed by atoms with Crippen LogP contribution in [0.4, 0.5) is 0 Å². The lowest BCUT2D eigenvalue weighted by atomic mass is 9.82. The van der Waals surface area contributed by atoms with Crippen LogP contribution >= 0.6 is 0 Å². The summed E-state index contributed by atoms with van der Waals surface area (Å²) in [4.78, 5) is 11.7. The van der Waals surface area contributed by atoms with Crippen molar-refractivity contribution in [2.24, 2.45) is 10.9 Å². The third-order valence-corrected chi connectivity index (χ3v) is 5.58. The molecule has 0 amide bonds. The fraction of sp³-hybridized carbons (Fsp3) is 0.609. The number of nitrogens with zero attached hydrogens (tertiary/aromatic N) is 4. The quantitative estimate of drug-likeness (QED) is 0.430. The third kappa shape index (κ3) is 5.81. The fourth-order valence-corrected chi connectivity index (χ4v) is 3.98. The molecule has 1 saturated heterocycles. The number of nitrogens with one attached hydrogen (secondary N) is 1. The first-order valence-corrected chi connectivity index (χ1v) is 11.0. The molecular formula is C23H35N5O. The Balaban J connectivity index is 1.53. The average Bonchev–Trinajstić information content (AvgIpc) is 3.20. The number of aryl methyl sites for hydroxylation is 1. The lowest BCUT2D eigenvalue weighted by molar-refractivity contribution is 0.234. The summed E-state index contributed by atoms with van der Waals surface area (Å²) in [6.07, 6.45) is 2.84. The molecule has 0 bridgehead atoms. The summed E-state index contributed by atoms with van der Waals surface area (Å²) < 4.78 is 5.33. The lowest BCUT2D eigenvalue weighted by Crippen LogP contribution is -2.48. The van der Waals surface area contributed by atoms with E-state index in [9.17, 15) is 0 Å². The van der Waals surface area contributed by atoms with Crippen LogP contribution in [-0.2, 0) is 6.42 Å². The standard InChI is InChI=1S/C23H35N5O/c1-5-24-23(25-14-9-12-21-26-22(17(2)3)27-29-21)28-15-13-20(18(4)16-28)19-10-7-6-8-11-19/h6-8,10-11,17-18,20H,5,9,12-16H2,1-4H3,(H,24,25). The summed E-state index contributed by atoms with van der Waals surface area (Å²) in [7, 11) is 0. The number of aliphatic imine (C=N–C) groups is 1. The van der Waals surface area contributed by atoms with E-state index in [0.717, 1.165) is 57.2 Å². The molecule has 2 unspecified atom stereocenters. The molecule has 1 aliphatic rings. The second-order valence-electron chi connectivity index (χ2n) is 8.27. The molecule has 0 aliphatic carbocycles. The van der Waals surface area contributed by atoms with Crippen molar-refractivity contribution in [1.82, 2.24) is 20.4 Å². The van der Waals surface area contributed by atoms with Crippen molar-refractivity contribution >= 4 is 5.96 Å². The van der Waals surface area contributed by atoms with Crippen molar-refractivity contribution < 1.29 is 4.52 Å². The van der Waals surface area contributed by atoms with Gasteiger partial charge >= 0.3 is 0 Å². The first-order valence-electron chi connectivity index (χ1n) is 11.0.